The van der Waals surface area contributed by atoms with Gasteiger partial charge in [0.2, 0.25) is 0 Å². The van der Waals surface area contributed by atoms with Crippen LogP contribution < -0.4 is 5.32 Å². The van der Waals surface area contributed by atoms with Crippen molar-refractivity contribution in [3.8, 4) is 0 Å². The lowest BCUT2D eigenvalue weighted by Crippen LogP contribution is -2.00. The summed E-state index contributed by atoms with van der Waals surface area (Å²) in [6.45, 7) is 0.803. The second-order valence-corrected chi connectivity index (χ2v) is 5.29. The summed E-state index contributed by atoms with van der Waals surface area (Å²) in [6, 6.07) is 16.6. The van der Waals surface area contributed by atoms with Crippen molar-refractivity contribution in [2.24, 2.45) is 0 Å². The molecule has 0 aliphatic carbocycles. The Morgan fingerprint density at radius 1 is 1.05 bits per heavy atom. The van der Waals surface area contributed by atoms with Crippen LogP contribution in [-0.4, -0.2) is 4.98 Å². The van der Waals surface area contributed by atoms with E-state index in [1.54, 1.807) is 0 Å². The van der Waals surface area contributed by atoms with Crippen molar-refractivity contribution >= 4 is 32.4 Å². The first kappa shape index (κ1) is 12.2. The molecule has 3 heteroatoms. The van der Waals surface area contributed by atoms with Gasteiger partial charge in [0.25, 0.3) is 0 Å². The molecule has 2 nitrogen and oxygen atoms in total. The summed E-state index contributed by atoms with van der Waals surface area (Å²) in [5, 5.41) is 5.87. The number of hydrogen-bond acceptors (Lipinski definition) is 2. The van der Waals surface area contributed by atoms with Gasteiger partial charge in [-0.3, -0.25) is 4.98 Å². The van der Waals surface area contributed by atoms with Gasteiger partial charge in [-0.15, -0.1) is 0 Å². The fourth-order valence-corrected chi connectivity index (χ4v) is 2.54. The van der Waals surface area contributed by atoms with Crippen LogP contribution in [0.4, 0.5) is 5.69 Å². The van der Waals surface area contributed by atoms with Crippen molar-refractivity contribution in [1.82, 2.24) is 4.98 Å². The summed E-state index contributed by atoms with van der Waals surface area (Å²) in [5.74, 6) is 0. The van der Waals surface area contributed by atoms with E-state index in [-0.39, 0.29) is 0 Å². The van der Waals surface area contributed by atoms with E-state index in [0.29, 0.717) is 0 Å². The van der Waals surface area contributed by atoms with Gasteiger partial charge in [-0.1, -0.05) is 40.2 Å². The minimum Gasteiger partial charge on any atom is -0.381 e. The van der Waals surface area contributed by atoms with Crippen LogP contribution >= 0.6 is 15.9 Å². The summed E-state index contributed by atoms with van der Waals surface area (Å²) >= 11 is 3.48. The van der Waals surface area contributed by atoms with Crippen molar-refractivity contribution in [3.63, 3.8) is 0 Å². The van der Waals surface area contributed by atoms with E-state index >= 15 is 0 Å². The molecule has 3 rings (SSSR count). The van der Waals surface area contributed by atoms with Gasteiger partial charge in [-0.25, -0.2) is 0 Å². The zero-order valence-electron chi connectivity index (χ0n) is 10.3. The molecule has 1 N–H and O–H groups in total. The van der Waals surface area contributed by atoms with Gasteiger partial charge in [0.1, 0.15) is 0 Å². The van der Waals surface area contributed by atoms with Gasteiger partial charge < -0.3 is 5.32 Å². The molecule has 0 saturated heterocycles. The third-order valence-electron chi connectivity index (χ3n) is 3.08. The van der Waals surface area contributed by atoms with Crippen LogP contribution in [-0.2, 0) is 6.54 Å². The Labute approximate surface area is 120 Å². The average molecular weight is 313 g/mol. The predicted octanol–water partition coefficient (Wildman–Crippen LogP) is 4.61. The number of anilines is 1. The molecular formula is C16H13BrN2. The number of fused-ring (bicyclic) bond motifs is 1. The highest BCUT2D eigenvalue weighted by atomic mass is 79.9. The zero-order valence-corrected chi connectivity index (χ0v) is 11.9. The second-order valence-electron chi connectivity index (χ2n) is 4.38. The zero-order chi connectivity index (χ0) is 13.1. The smallest absolute Gasteiger partial charge is 0.0406 e. The monoisotopic (exact) mass is 312 g/mol. The number of aromatic nitrogens is 1. The Morgan fingerprint density at radius 2 is 1.95 bits per heavy atom. The van der Waals surface area contributed by atoms with Crippen LogP contribution in [0.3, 0.4) is 0 Å². The second kappa shape index (κ2) is 5.41. The molecule has 1 aromatic heterocycles. The highest BCUT2D eigenvalue weighted by molar-refractivity contribution is 9.10. The van der Waals surface area contributed by atoms with Gasteiger partial charge in [0, 0.05) is 34.5 Å². The molecule has 0 aliphatic rings. The molecule has 0 spiro atoms. The fraction of sp³-hybridized carbons (Fsp3) is 0.0625. The van der Waals surface area contributed by atoms with E-state index < -0.39 is 0 Å². The molecule has 0 bridgehead atoms. The summed E-state index contributed by atoms with van der Waals surface area (Å²) in [4.78, 5) is 4.16. The van der Waals surface area contributed by atoms with Crippen molar-refractivity contribution in [2.45, 2.75) is 6.54 Å². The van der Waals surface area contributed by atoms with E-state index in [0.717, 1.165) is 16.7 Å². The van der Waals surface area contributed by atoms with E-state index in [2.05, 4.69) is 62.6 Å². The van der Waals surface area contributed by atoms with Crippen LogP contribution in [0.1, 0.15) is 5.56 Å². The van der Waals surface area contributed by atoms with Gasteiger partial charge in [0.15, 0.2) is 0 Å². The van der Waals surface area contributed by atoms with Crippen LogP contribution in [0, 0.1) is 0 Å². The molecule has 0 aliphatic heterocycles. The maximum Gasteiger partial charge on any atom is 0.0406 e. The Kier molecular flexibility index (Phi) is 3.47. The highest BCUT2D eigenvalue weighted by Crippen LogP contribution is 2.20. The van der Waals surface area contributed by atoms with Crippen LogP contribution in [0.5, 0.6) is 0 Å². The summed E-state index contributed by atoms with van der Waals surface area (Å²) in [7, 11) is 0. The topological polar surface area (TPSA) is 24.9 Å². The minimum atomic E-state index is 0.803. The lowest BCUT2D eigenvalue weighted by Gasteiger charge is -2.09. The van der Waals surface area contributed by atoms with Crippen molar-refractivity contribution < 1.29 is 0 Å². The van der Waals surface area contributed by atoms with E-state index in [1.807, 2.05) is 24.5 Å². The Balaban J connectivity index is 1.86. The molecule has 1 heterocycles. The first-order valence-corrected chi connectivity index (χ1v) is 6.93. The molecule has 3 aromatic rings. The first-order chi connectivity index (χ1) is 9.33. The Bertz CT molecular complexity index is 704. The SMILES string of the molecule is Brc1cccc(NCc2cccc3cnccc23)c1. The standard InChI is InChI=1S/C16H13BrN2/c17-14-5-2-6-15(9-14)19-11-13-4-1-3-12-10-18-8-7-16(12)13/h1-10,19H,11H2. The fourth-order valence-electron chi connectivity index (χ4n) is 2.14. The first-order valence-electron chi connectivity index (χ1n) is 6.14. The van der Waals surface area contributed by atoms with Gasteiger partial charge >= 0.3 is 0 Å². The quantitative estimate of drug-likeness (QED) is 0.764. The van der Waals surface area contributed by atoms with Crippen molar-refractivity contribution in [3.05, 3.63) is 71.0 Å². The average Bonchev–Trinajstić information content (AvgIpc) is 2.45. The molecule has 0 amide bonds. The lowest BCUT2D eigenvalue weighted by atomic mass is 10.1. The van der Waals surface area contributed by atoms with Crippen LogP contribution in [0.2, 0.25) is 0 Å². The van der Waals surface area contributed by atoms with Crippen molar-refractivity contribution in [1.29, 1.82) is 0 Å². The number of pyridine rings is 1. The van der Waals surface area contributed by atoms with E-state index in [4.69, 9.17) is 0 Å². The normalized spacial score (nSPS) is 10.6. The summed E-state index contributed by atoms with van der Waals surface area (Å²) < 4.78 is 1.08. The number of hydrogen-bond donors (Lipinski definition) is 1. The summed E-state index contributed by atoms with van der Waals surface area (Å²) in [6.07, 6.45) is 3.74. The number of benzene rings is 2. The maximum atomic E-state index is 4.16. The molecule has 19 heavy (non-hydrogen) atoms. The van der Waals surface area contributed by atoms with Crippen LogP contribution in [0.15, 0.2) is 65.4 Å². The highest BCUT2D eigenvalue weighted by Gasteiger charge is 2.00. The summed E-state index contributed by atoms with van der Waals surface area (Å²) in [5.41, 5.74) is 2.39. The van der Waals surface area contributed by atoms with Gasteiger partial charge in [-0.2, -0.15) is 0 Å². The lowest BCUT2D eigenvalue weighted by molar-refractivity contribution is 1.16. The number of nitrogens with one attached hydrogen (secondary N) is 1. The molecule has 94 valence electrons. The number of rotatable bonds is 3. The predicted molar refractivity (Wildman–Crippen MR) is 83.2 cm³/mol. The third kappa shape index (κ3) is 2.76. The molecule has 0 unspecified atom stereocenters. The van der Waals surface area contributed by atoms with E-state index in [1.165, 1.54) is 16.3 Å². The number of halogens is 1. The molecule has 0 fully saturated rings. The molecule has 0 radical (unpaired) electrons. The third-order valence-corrected chi connectivity index (χ3v) is 3.57. The largest absolute Gasteiger partial charge is 0.381 e. The molecule has 0 saturated carbocycles. The minimum absolute atomic E-state index is 0.803. The maximum absolute atomic E-state index is 4.16. The van der Waals surface area contributed by atoms with Gasteiger partial charge in [0.05, 0.1) is 0 Å². The van der Waals surface area contributed by atoms with Crippen LogP contribution in [0.25, 0.3) is 10.8 Å². The molecular weight excluding hydrogens is 300 g/mol. The van der Waals surface area contributed by atoms with E-state index in [9.17, 15) is 0 Å². The molecule has 2 aromatic carbocycles. The number of nitrogens with zero attached hydrogens (tertiary/aromatic N) is 1. The van der Waals surface area contributed by atoms with Gasteiger partial charge in [-0.05, 0) is 35.2 Å². The molecule has 0 atom stereocenters. The Hall–Kier alpha value is -1.87. The Morgan fingerprint density at radius 3 is 2.84 bits per heavy atom. The van der Waals surface area contributed by atoms with Crippen molar-refractivity contribution in [2.75, 3.05) is 5.32 Å².